The lowest BCUT2D eigenvalue weighted by atomic mass is 9.43. The molecule has 0 saturated heterocycles. The van der Waals surface area contributed by atoms with Gasteiger partial charge in [-0.15, -0.1) is 0 Å². The van der Waals surface area contributed by atoms with Gasteiger partial charge in [0.1, 0.15) is 0 Å². The van der Waals surface area contributed by atoms with Gasteiger partial charge in [-0.1, -0.05) is 41.5 Å². The van der Waals surface area contributed by atoms with Crippen molar-refractivity contribution in [1.29, 1.82) is 0 Å². The van der Waals surface area contributed by atoms with Crippen LogP contribution in [0.2, 0.25) is 0 Å². The zero-order valence-corrected chi connectivity index (χ0v) is 43.4. The summed E-state index contributed by atoms with van der Waals surface area (Å²) in [7, 11) is 2.07. The van der Waals surface area contributed by atoms with Crippen molar-refractivity contribution in [3.63, 3.8) is 0 Å². The van der Waals surface area contributed by atoms with Gasteiger partial charge in [0.25, 0.3) is 0 Å². The van der Waals surface area contributed by atoms with Gasteiger partial charge in [0.05, 0.1) is 30.5 Å². The third kappa shape index (κ3) is 8.82. The summed E-state index contributed by atoms with van der Waals surface area (Å²) in [6.45, 7) is 15.6. The molecule has 23 atom stereocenters. The second-order valence-electron chi connectivity index (χ2n) is 25.5. The number of rotatable bonds is 15. The highest BCUT2D eigenvalue weighted by Gasteiger charge is 2.67. The standard InChI is InChI=1S/C55H93N3O7S/c1-30(37-12-14-39-50-41(28-46(62)54(37,39)6)52(4)21-18-35(56-8)24-33(52)26-44(50)60)10-16-48(64)57-36-19-22-53(5)34(25-36)27-45(61)51-40-15-13-38(55(40,7)47(63)29-42(51)53)31(2)11-17-49(65)58-43(32(3)59)20-23-66-9/h30-31,33-47,50-51,56,60-63H,10-29H2,1-9H3,(H,57,64)(H,58,65)/t30-,31-,33+,34+,35-,36-,37?,38?,39+,40+,41?,42?,43+,44+,45+,46?,47?,50-,51-,52?,53?,54?,55?/m1/s1. The summed E-state index contributed by atoms with van der Waals surface area (Å²) in [5, 5.41) is 58.3. The molecule has 2 amide bonds. The Morgan fingerprint density at radius 3 is 1.56 bits per heavy atom. The fraction of sp³-hybridized carbons (Fsp3) is 0.945. The SMILES string of the molecule is CN[C@@H]1CCC2(C)C3CC(O)C4(C)C([C@H](C)CCC(=O)N[C@@H]5CCC6(C)C7CC(O)C8(C)C([C@H](C)CCC(=O)N[C@@H](CCSC)C(C)=O)CC[C@H]8[C@H]7[C@@H](O)C[C@@H]6C5)CC[C@H]4[C@H]3[C@@H](O)C[C@@H]2C1. The molecule has 10 unspecified atom stereocenters. The van der Waals surface area contributed by atoms with Crippen LogP contribution in [0, 0.1) is 92.7 Å². The van der Waals surface area contributed by atoms with Crippen molar-refractivity contribution >= 4 is 29.4 Å². The summed E-state index contributed by atoms with van der Waals surface area (Å²) in [5.74, 6) is 4.32. The van der Waals surface area contributed by atoms with Gasteiger partial charge in [-0.05, 0) is 228 Å². The van der Waals surface area contributed by atoms with E-state index in [-0.39, 0.29) is 98.9 Å². The van der Waals surface area contributed by atoms with E-state index in [2.05, 4.69) is 64.5 Å². The fourth-order valence-electron chi connectivity index (χ4n) is 19.0. The average Bonchev–Trinajstić information content (AvgIpc) is 3.83. The van der Waals surface area contributed by atoms with E-state index in [1.165, 1.54) is 12.8 Å². The van der Waals surface area contributed by atoms with Crippen molar-refractivity contribution in [2.75, 3.05) is 19.1 Å². The van der Waals surface area contributed by atoms with Crippen molar-refractivity contribution in [2.24, 2.45) is 92.7 Å². The van der Waals surface area contributed by atoms with E-state index in [1.807, 2.05) is 6.26 Å². The van der Waals surface area contributed by atoms with Gasteiger partial charge in [0, 0.05) is 24.9 Å². The van der Waals surface area contributed by atoms with E-state index >= 15 is 0 Å². The molecule has 8 saturated carbocycles. The molecule has 0 aromatic heterocycles. The Balaban J connectivity index is 0.838. The van der Waals surface area contributed by atoms with Gasteiger partial charge in [-0.25, -0.2) is 0 Å². The molecule has 8 rings (SSSR count). The topological polar surface area (TPSA) is 168 Å². The molecule has 376 valence electrons. The van der Waals surface area contributed by atoms with Gasteiger partial charge in [-0.3, -0.25) is 14.4 Å². The monoisotopic (exact) mass is 940 g/mol. The number of ketones is 1. The Kier molecular flexibility index (Phi) is 15.3. The molecule has 10 nitrogen and oxygen atoms in total. The minimum atomic E-state index is -0.469. The van der Waals surface area contributed by atoms with Crippen LogP contribution in [0.25, 0.3) is 0 Å². The van der Waals surface area contributed by atoms with Crippen LogP contribution in [0.1, 0.15) is 170 Å². The molecule has 8 fully saturated rings. The molecular formula is C55H93N3O7S. The highest BCUT2D eigenvalue weighted by molar-refractivity contribution is 7.98. The number of thioether (sulfide) groups is 1. The molecule has 0 aromatic carbocycles. The summed E-state index contributed by atoms with van der Waals surface area (Å²) in [6.07, 6.45) is 16.9. The van der Waals surface area contributed by atoms with E-state index in [9.17, 15) is 34.8 Å². The average molecular weight is 940 g/mol. The quantitative estimate of drug-likeness (QED) is 0.0863. The van der Waals surface area contributed by atoms with E-state index in [0.29, 0.717) is 67.7 Å². The number of carbonyl (C=O) groups excluding carboxylic acids is 3. The lowest BCUT2D eigenvalue weighted by Crippen LogP contribution is -2.63. The van der Waals surface area contributed by atoms with Gasteiger partial charge in [0.15, 0.2) is 5.78 Å². The molecule has 0 bridgehead atoms. The van der Waals surface area contributed by atoms with Crippen LogP contribution in [-0.4, -0.2) is 99.6 Å². The second-order valence-corrected chi connectivity index (χ2v) is 26.5. The van der Waals surface area contributed by atoms with Crippen LogP contribution < -0.4 is 16.0 Å². The molecule has 0 aliphatic heterocycles. The Labute approximate surface area is 403 Å². The van der Waals surface area contributed by atoms with Crippen molar-refractivity contribution in [2.45, 2.75) is 213 Å². The van der Waals surface area contributed by atoms with E-state index in [4.69, 9.17) is 0 Å². The summed E-state index contributed by atoms with van der Waals surface area (Å²) >= 11 is 1.68. The first-order valence-corrected chi connectivity index (χ1v) is 28.6. The molecule has 66 heavy (non-hydrogen) atoms. The largest absolute Gasteiger partial charge is 0.393 e. The van der Waals surface area contributed by atoms with Crippen LogP contribution in [-0.2, 0) is 14.4 Å². The van der Waals surface area contributed by atoms with Gasteiger partial charge >= 0.3 is 0 Å². The maximum atomic E-state index is 13.8. The number of hydrogen-bond donors (Lipinski definition) is 7. The summed E-state index contributed by atoms with van der Waals surface area (Å²) in [4.78, 5) is 39.0. The molecule has 0 spiro atoms. The number of aliphatic hydroxyl groups is 4. The Morgan fingerprint density at radius 1 is 0.621 bits per heavy atom. The molecule has 11 heteroatoms. The third-order valence-electron chi connectivity index (χ3n) is 23.0. The maximum Gasteiger partial charge on any atom is 0.220 e. The summed E-state index contributed by atoms with van der Waals surface area (Å²) in [5.41, 5.74) is -0.390. The maximum absolute atomic E-state index is 13.8. The molecule has 0 radical (unpaired) electrons. The highest BCUT2D eigenvalue weighted by atomic mass is 32.2. The van der Waals surface area contributed by atoms with Crippen molar-refractivity contribution in [3.8, 4) is 0 Å². The number of amides is 2. The van der Waals surface area contributed by atoms with Gasteiger partial charge in [0.2, 0.25) is 11.8 Å². The first-order chi connectivity index (χ1) is 31.2. The van der Waals surface area contributed by atoms with Crippen molar-refractivity contribution < 1.29 is 34.8 Å². The first-order valence-electron chi connectivity index (χ1n) is 27.2. The third-order valence-corrected chi connectivity index (χ3v) is 23.6. The fourth-order valence-corrected chi connectivity index (χ4v) is 19.5. The Morgan fingerprint density at radius 2 is 1.09 bits per heavy atom. The first kappa shape index (κ1) is 51.1. The molecule has 0 aromatic rings. The summed E-state index contributed by atoms with van der Waals surface area (Å²) in [6, 6.07) is 0.180. The highest BCUT2D eigenvalue weighted by Crippen LogP contribution is 2.70. The van der Waals surface area contributed by atoms with E-state index in [0.717, 1.165) is 82.8 Å². The molecule has 0 heterocycles. The lowest BCUT2D eigenvalue weighted by Gasteiger charge is -2.63. The molecule has 8 aliphatic rings. The van der Waals surface area contributed by atoms with Crippen LogP contribution in [0.4, 0.5) is 0 Å². The van der Waals surface area contributed by atoms with Crippen LogP contribution >= 0.6 is 11.8 Å². The smallest absolute Gasteiger partial charge is 0.220 e. The van der Waals surface area contributed by atoms with E-state index < -0.39 is 18.2 Å². The Hall–Kier alpha value is -1.24. The lowest BCUT2D eigenvalue weighted by molar-refractivity contribution is -0.202. The van der Waals surface area contributed by atoms with Gasteiger partial charge in [-0.2, -0.15) is 11.8 Å². The molecular weight excluding hydrogens is 847 g/mol. The second kappa shape index (κ2) is 19.8. The zero-order valence-electron chi connectivity index (χ0n) is 42.5. The van der Waals surface area contributed by atoms with Crippen molar-refractivity contribution in [3.05, 3.63) is 0 Å². The van der Waals surface area contributed by atoms with Crippen LogP contribution in [0.3, 0.4) is 0 Å². The normalized spacial score (nSPS) is 48.6. The predicted octanol–water partition coefficient (Wildman–Crippen LogP) is 7.92. The van der Waals surface area contributed by atoms with Gasteiger partial charge < -0.3 is 36.4 Å². The number of aliphatic hydroxyl groups excluding tert-OH is 4. The number of fused-ring (bicyclic) bond motifs is 10. The number of carbonyl (C=O) groups is 3. The summed E-state index contributed by atoms with van der Waals surface area (Å²) < 4.78 is 0. The minimum Gasteiger partial charge on any atom is -0.393 e. The minimum absolute atomic E-state index is 0.000554. The number of hydrogen-bond acceptors (Lipinski definition) is 9. The van der Waals surface area contributed by atoms with Crippen LogP contribution in [0.5, 0.6) is 0 Å². The molecule has 7 N–H and O–H groups in total. The predicted molar refractivity (Wildman–Crippen MR) is 263 cm³/mol. The number of Topliss-reactive ketones (excluding diaryl/α,β-unsaturated/α-hetero) is 1. The Bertz CT molecular complexity index is 1750. The van der Waals surface area contributed by atoms with Crippen LogP contribution in [0.15, 0.2) is 0 Å². The molecule has 8 aliphatic carbocycles. The van der Waals surface area contributed by atoms with E-state index in [1.54, 1.807) is 18.7 Å². The van der Waals surface area contributed by atoms with Crippen molar-refractivity contribution in [1.82, 2.24) is 16.0 Å². The zero-order chi connectivity index (χ0) is 47.7. The number of nitrogens with one attached hydrogen (secondary N) is 3.